The standard InChI is InChI=1S/C23H30N6O6S/c1-23(2,3)35-15(31)5-4-12-8-13(36-10-12)6-7-25-22-27-19(24)16-20(28-22)29(11-26-16)21-18(33)17(32)14(9-30)34-21/h4-5,8,10-11,14,17-18,21,30,32-33H,6-7,9H2,1-3H3,(H3,24,25,27,28)/t14-,17-,18-,21-/m1/s1. The van der Waals surface area contributed by atoms with Gasteiger partial charge < -0.3 is 35.8 Å². The van der Waals surface area contributed by atoms with Crippen LogP contribution in [0.2, 0.25) is 0 Å². The van der Waals surface area contributed by atoms with Gasteiger partial charge in [0.2, 0.25) is 5.95 Å². The molecule has 36 heavy (non-hydrogen) atoms. The second-order valence-corrected chi connectivity index (χ2v) is 10.4. The molecule has 6 N–H and O–H groups in total. The number of esters is 1. The number of imidazole rings is 1. The fourth-order valence-electron chi connectivity index (χ4n) is 3.73. The predicted molar refractivity (Wildman–Crippen MR) is 134 cm³/mol. The van der Waals surface area contributed by atoms with Crippen LogP contribution < -0.4 is 11.1 Å². The molecule has 3 aromatic rings. The maximum absolute atomic E-state index is 11.9. The van der Waals surface area contributed by atoms with Gasteiger partial charge in [0.25, 0.3) is 0 Å². The van der Waals surface area contributed by atoms with Crippen molar-refractivity contribution in [2.45, 2.75) is 57.3 Å². The van der Waals surface area contributed by atoms with Gasteiger partial charge in [-0.25, -0.2) is 9.78 Å². The lowest BCUT2D eigenvalue weighted by Gasteiger charge is -2.17. The van der Waals surface area contributed by atoms with Gasteiger partial charge >= 0.3 is 5.97 Å². The number of hydrogen-bond acceptors (Lipinski definition) is 12. The molecule has 1 fully saturated rings. The van der Waals surface area contributed by atoms with Crippen LogP contribution in [-0.4, -0.2) is 77.9 Å². The highest BCUT2D eigenvalue weighted by atomic mass is 32.1. The number of ether oxygens (including phenoxy) is 2. The van der Waals surface area contributed by atoms with E-state index in [0.29, 0.717) is 24.1 Å². The predicted octanol–water partition coefficient (Wildman–Crippen LogP) is 1.09. The molecule has 0 spiro atoms. The average molecular weight is 519 g/mol. The minimum atomic E-state index is -1.27. The Bertz CT molecular complexity index is 1250. The number of nitrogen functional groups attached to an aromatic ring is 1. The summed E-state index contributed by atoms with van der Waals surface area (Å²) in [5.74, 6) is 0.0342. The Morgan fingerprint density at radius 1 is 1.33 bits per heavy atom. The number of nitrogens with one attached hydrogen (secondary N) is 1. The van der Waals surface area contributed by atoms with Gasteiger partial charge in [0.1, 0.15) is 29.4 Å². The summed E-state index contributed by atoms with van der Waals surface area (Å²) in [6, 6.07) is 1.99. The molecule has 12 nitrogen and oxygen atoms in total. The molecular weight excluding hydrogens is 488 g/mol. The first-order valence-corrected chi connectivity index (χ1v) is 12.3. The van der Waals surface area contributed by atoms with E-state index >= 15 is 0 Å². The first kappa shape index (κ1) is 26.0. The topological polar surface area (TPSA) is 178 Å². The zero-order chi connectivity index (χ0) is 26.0. The molecule has 13 heteroatoms. The fraction of sp³-hybridized carbons (Fsp3) is 0.478. The van der Waals surface area contributed by atoms with Gasteiger partial charge in [-0.2, -0.15) is 9.97 Å². The highest BCUT2D eigenvalue weighted by Crippen LogP contribution is 2.32. The van der Waals surface area contributed by atoms with E-state index in [0.717, 1.165) is 10.4 Å². The van der Waals surface area contributed by atoms with Crippen molar-refractivity contribution < 1.29 is 29.6 Å². The smallest absolute Gasteiger partial charge is 0.331 e. The molecular formula is C23H30N6O6S. The van der Waals surface area contributed by atoms with Crippen LogP contribution in [0.3, 0.4) is 0 Å². The van der Waals surface area contributed by atoms with Gasteiger partial charge in [-0.1, -0.05) is 0 Å². The van der Waals surface area contributed by atoms with Crippen LogP contribution >= 0.6 is 11.3 Å². The first-order chi connectivity index (χ1) is 17.1. The number of aromatic nitrogens is 4. The number of fused-ring (bicyclic) bond motifs is 1. The summed E-state index contributed by atoms with van der Waals surface area (Å²) in [5, 5.41) is 34.9. The van der Waals surface area contributed by atoms with E-state index in [1.807, 2.05) is 32.2 Å². The minimum Gasteiger partial charge on any atom is -0.457 e. The molecule has 0 amide bonds. The molecule has 3 aromatic heterocycles. The van der Waals surface area contributed by atoms with Crippen molar-refractivity contribution in [3.8, 4) is 0 Å². The molecule has 194 valence electrons. The number of anilines is 2. The number of carbonyl (C=O) groups is 1. The molecule has 4 rings (SSSR count). The Balaban J connectivity index is 1.40. The van der Waals surface area contributed by atoms with Crippen LogP contribution in [0, 0.1) is 0 Å². The molecule has 0 bridgehead atoms. The molecule has 0 aromatic carbocycles. The number of aliphatic hydroxyl groups is 3. The third-order valence-corrected chi connectivity index (χ3v) is 6.40. The van der Waals surface area contributed by atoms with Crippen LogP contribution in [0.25, 0.3) is 17.2 Å². The number of rotatable bonds is 8. The molecule has 4 atom stereocenters. The maximum atomic E-state index is 11.9. The monoisotopic (exact) mass is 518 g/mol. The van der Waals surface area contributed by atoms with Gasteiger partial charge in [-0.15, -0.1) is 11.3 Å². The SMILES string of the molecule is CC(C)(C)OC(=O)C=Cc1csc(CCNc2nc(N)c3ncn([C@@H]4O[C@H](CO)[C@@H](O)[C@H]4O)c3n2)c1. The number of thiophene rings is 1. The van der Waals surface area contributed by atoms with Crippen molar-refractivity contribution in [2.24, 2.45) is 0 Å². The summed E-state index contributed by atoms with van der Waals surface area (Å²) in [4.78, 5) is 25.9. The lowest BCUT2D eigenvalue weighted by atomic mass is 10.1. The van der Waals surface area contributed by atoms with E-state index in [2.05, 4.69) is 20.3 Å². The normalized spacial score (nSPS) is 22.5. The Morgan fingerprint density at radius 2 is 2.11 bits per heavy atom. The van der Waals surface area contributed by atoms with Crippen molar-refractivity contribution in [1.82, 2.24) is 19.5 Å². The van der Waals surface area contributed by atoms with Gasteiger partial charge in [0, 0.05) is 17.5 Å². The molecule has 0 saturated carbocycles. The molecule has 0 aliphatic carbocycles. The summed E-state index contributed by atoms with van der Waals surface area (Å²) in [6.45, 7) is 5.54. The van der Waals surface area contributed by atoms with Gasteiger partial charge in [0.15, 0.2) is 17.7 Å². The van der Waals surface area contributed by atoms with Crippen molar-refractivity contribution in [2.75, 3.05) is 24.2 Å². The average Bonchev–Trinajstić information content (AvgIpc) is 3.50. The summed E-state index contributed by atoms with van der Waals surface area (Å²) in [5.41, 5.74) is 7.09. The van der Waals surface area contributed by atoms with Crippen LogP contribution in [0.4, 0.5) is 11.8 Å². The van der Waals surface area contributed by atoms with Crippen molar-refractivity contribution in [3.05, 3.63) is 34.3 Å². The summed E-state index contributed by atoms with van der Waals surface area (Å²) in [7, 11) is 0. The van der Waals surface area contributed by atoms with E-state index in [9.17, 15) is 20.1 Å². The highest BCUT2D eigenvalue weighted by molar-refractivity contribution is 7.10. The lowest BCUT2D eigenvalue weighted by Crippen LogP contribution is -2.33. The van der Waals surface area contributed by atoms with Gasteiger partial charge in [-0.05, 0) is 50.3 Å². The van der Waals surface area contributed by atoms with Gasteiger partial charge in [-0.3, -0.25) is 4.57 Å². The molecule has 1 saturated heterocycles. The van der Waals surface area contributed by atoms with E-state index in [4.69, 9.17) is 15.2 Å². The summed E-state index contributed by atoms with van der Waals surface area (Å²) in [6.07, 6.45) is 0.790. The number of nitrogens with zero attached hydrogens (tertiary/aromatic N) is 4. The largest absolute Gasteiger partial charge is 0.457 e. The summed E-state index contributed by atoms with van der Waals surface area (Å²) >= 11 is 1.57. The summed E-state index contributed by atoms with van der Waals surface area (Å²) < 4.78 is 12.3. The van der Waals surface area contributed by atoms with Crippen LogP contribution in [-0.2, 0) is 20.7 Å². The Hall–Kier alpha value is -3.10. The number of nitrogens with two attached hydrogens (primary N) is 1. The highest BCUT2D eigenvalue weighted by Gasteiger charge is 2.44. The zero-order valence-electron chi connectivity index (χ0n) is 20.2. The maximum Gasteiger partial charge on any atom is 0.331 e. The van der Waals surface area contributed by atoms with Gasteiger partial charge in [0.05, 0.1) is 12.9 Å². The number of carbonyl (C=O) groups excluding carboxylic acids is 1. The fourth-order valence-corrected chi connectivity index (χ4v) is 4.59. The second-order valence-electron chi connectivity index (χ2n) is 9.38. The van der Waals surface area contributed by atoms with E-state index in [1.54, 1.807) is 17.4 Å². The quantitative estimate of drug-likeness (QED) is 0.213. The Labute approximate surface area is 211 Å². The molecule has 0 radical (unpaired) electrons. The lowest BCUT2D eigenvalue weighted by molar-refractivity contribution is -0.148. The van der Waals surface area contributed by atoms with Crippen LogP contribution in [0.5, 0.6) is 0 Å². The van der Waals surface area contributed by atoms with E-state index in [-0.39, 0.29) is 11.8 Å². The van der Waals surface area contributed by atoms with Crippen molar-refractivity contribution >= 4 is 46.3 Å². The third kappa shape index (κ3) is 5.82. The van der Waals surface area contributed by atoms with Crippen molar-refractivity contribution in [1.29, 1.82) is 0 Å². The Kier molecular flexibility index (Phi) is 7.57. The van der Waals surface area contributed by atoms with E-state index < -0.39 is 42.7 Å². The molecule has 4 heterocycles. The molecule has 1 aliphatic heterocycles. The Morgan fingerprint density at radius 3 is 2.81 bits per heavy atom. The molecule has 0 unspecified atom stereocenters. The second kappa shape index (κ2) is 10.5. The minimum absolute atomic E-state index is 0.152. The van der Waals surface area contributed by atoms with Crippen LogP contribution in [0.1, 0.15) is 37.4 Å². The molecule has 1 aliphatic rings. The number of hydrogen-bond donors (Lipinski definition) is 5. The first-order valence-electron chi connectivity index (χ1n) is 11.4. The number of aliphatic hydroxyl groups excluding tert-OH is 3. The van der Waals surface area contributed by atoms with Crippen LogP contribution in [0.15, 0.2) is 23.8 Å². The van der Waals surface area contributed by atoms with E-state index in [1.165, 1.54) is 17.0 Å². The zero-order valence-corrected chi connectivity index (χ0v) is 21.0. The van der Waals surface area contributed by atoms with Crippen molar-refractivity contribution in [3.63, 3.8) is 0 Å². The third-order valence-electron chi connectivity index (χ3n) is 5.39.